The van der Waals surface area contributed by atoms with Gasteiger partial charge < -0.3 is 4.74 Å². The van der Waals surface area contributed by atoms with Crippen LogP contribution in [-0.2, 0) is 0 Å². The number of carbonyl (C=O) groups excluding carboxylic acids is 1. The molecule has 0 aliphatic rings. The second kappa shape index (κ2) is 4.30. The first-order valence-corrected chi connectivity index (χ1v) is 4.41. The number of methoxy groups -OCH3 is 1. The average molecular weight is 277 g/mol. The number of rotatable bonds is 2. The minimum Gasteiger partial charge on any atom is -0.496 e. The lowest BCUT2D eigenvalue weighted by Gasteiger charge is -2.04. The maximum atomic E-state index is 11.2. The molecule has 1 N–H and O–H groups in total. The first-order valence-electron chi connectivity index (χ1n) is 3.33. The molecule has 4 heteroatoms. The van der Waals surface area contributed by atoms with Gasteiger partial charge in [0.2, 0.25) is 0 Å². The number of carbonyl (C=O) groups is 1. The van der Waals surface area contributed by atoms with Crippen LogP contribution in [0.1, 0.15) is 10.4 Å². The Balaban J connectivity index is 3.04. The van der Waals surface area contributed by atoms with Gasteiger partial charge in [0.25, 0.3) is 5.91 Å². The van der Waals surface area contributed by atoms with E-state index in [9.17, 15) is 4.79 Å². The maximum Gasteiger partial charge on any atom is 0.263 e. The Hall–Kier alpha value is -0.780. The SMILES string of the molecule is COc1ccccc1C(=O)NI. The van der Waals surface area contributed by atoms with E-state index in [1.807, 2.05) is 6.07 Å². The number of halogens is 1. The molecule has 1 aromatic carbocycles. The summed E-state index contributed by atoms with van der Waals surface area (Å²) in [4.78, 5) is 11.2. The third-order valence-corrected chi connectivity index (χ3v) is 1.93. The number of benzene rings is 1. The third-order valence-electron chi connectivity index (χ3n) is 1.44. The summed E-state index contributed by atoms with van der Waals surface area (Å²) in [7, 11) is 1.54. The molecule has 0 spiro atoms. The molecule has 1 amide bonds. The van der Waals surface area contributed by atoms with E-state index in [1.165, 1.54) is 0 Å². The molecular formula is C8H8INO2. The summed E-state index contributed by atoms with van der Waals surface area (Å²) >= 11 is 1.79. The van der Waals surface area contributed by atoms with Gasteiger partial charge in [-0.2, -0.15) is 0 Å². The van der Waals surface area contributed by atoms with Crippen LogP contribution in [0.5, 0.6) is 5.75 Å². The number of para-hydroxylation sites is 1. The van der Waals surface area contributed by atoms with Crippen molar-refractivity contribution in [3.8, 4) is 5.75 Å². The molecule has 0 radical (unpaired) electrons. The van der Waals surface area contributed by atoms with Gasteiger partial charge in [0.05, 0.1) is 35.5 Å². The zero-order valence-corrected chi connectivity index (χ0v) is 8.66. The van der Waals surface area contributed by atoms with Crippen LogP contribution < -0.4 is 8.27 Å². The molecule has 1 rings (SSSR count). The Kier molecular flexibility index (Phi) is 3.33. The molecular weight excluding hydrogens is 269 g/mol. The highest BCUT2D eigenvalue weighted by molar-refractivity contribution is 14.1. The molecule has 1 aromatic rings. The van der Waals surface area contributed by atoms with Crippen LogP contribution in [0, 0.1) is 0 Å². The first kappa shape index (κ1) is 9.31. The Morgan fingerprint density at radius 3 is 2.75 bits per heavy atom. The van der Waals surface area contributed by atoms with E-state index in [0.717, 1.165) is 0 Å². The van der Waals surface area contributed by atoms with Crippen molar-refractivity contribution in [2.24, 2.45) is 0 Å². The Bertz CT molecular complexity index is 288. The van der Waals surface area contributed by atoms with Gasteiger partial charge in [-0.1, -0.05) is 12.1 Å². The van der Waals surface area contributed by atoms with Crippen LogP contribution in [0.3, 0.4) is 0 Å². The first-order chi connectivity index (χ1) is 5.79. The minimum atomic E-state index is -0.145. The van der Waals surface area contributed by atoms with Crippen molar-refractivity contribution in [1.29, 1.82) is 0 Å². The molecule has 0 saturated carbocycles. The summed E-state index contributed by atoms with van der Waals surface area (Å²) in [5.41, 5.74) is 0.550. The largest absolute Gasteiger partial charge is 0.496 e. The van der Waals surface area contributed by atoms with Crippen molar-refractivity contribution in [3.63, 3.8) is 0 Å². The van der Waals surface area contributed by atoms with E-state index >= 15 is 0 Å². The zero-order valence-electron chi connectivity index (χ0n) is 6.50. The molecule has 0 aromatic heterocycles. The van der Waals surface area contributed by atoms with Crippen LogP contribution in [-0.4, -0.2) is 13.0 Å². The lowest BCUT2D eigenvalue weighted by Crippen LogP contribution is -2.12. The number of hydrogen-bond donors (Lipinski definition) is 1. The van der Waals surface area contributed by atoms with Gasteiger partial charge in [0, 0.05) is 0 Å². The lowest BCUT2D eigenvalue weighted by atomic mass is 10.2. The Morgan fingerprint density at radius 2 is 2.17 bits per heavy atom. The molecule has 0 aliphatic carbocycles. The second-order valence-electron chi connectivity index (χ2n) is 2.12. The van der Waals surface area contributed by atoms with Crippen LogP contribution >= 0.6 is 22.9 Å². The van der Waals surface area contributed by atoms with Gasteiger partial charge in [-0.15, -0.1) is 0 Å². The van der Waals surface area contributed by atoms with E-state index in [4.69, 9.17) is 4.74 Å². The summed E-state index contributed by atoms with van der Waals surface area (Å²) in [6, 6.07) is 7.08. The number of nitrogens with one attached hydrogen (secondary N) is 1. The standard InChI is InChI=1S/C8H8INO2/c1-12-7-5-3-2-4-6(7)8(11)10-9/h2-5H,1H3,(H,10,11). The summed E-state index contributed by atoms with van der Waals surface area (Å²) in [6.45, 7) is 0. The average Bonchev–Trinajstić information content (AvgIpc) is 2.16. The van der Waals surface area contributed by atoms with Gasteiger partial charge in [-0.3, -0.25) is 8.32 Å². The van der Waals surface area contributed by atoms with Gasteiger partial charge in [0.15, 0.2) is 0 Å². The smallest absolute Gasteiger partial charge is 0.263 e. The van der Waals surface area contributed by atoms with Crippen LogP contribution in [0.2, 0.25) is 0 Å². The topological polar surface area (TPSA) is 38.3 Å². The molecule has 12 heavy (non-hydrogen) atoms. The highest BCUT2D eigenvalue weighted by Gasteiger charge is 2.08. The highest BCUT2D eigenvalue weighted by atomic mass is 127. The fourth-order valence-corrected chi connectivity index (χ4v) is 1.17. The van der Waals surface area contributed by atoms with Crippen molar-refractivity contribution in [3.05, 3.63) is 29.8 Å². The lowest BCUT2D eigenvalue weighted by molar-refractivity contribution is 0.0987. The Morgan fingerprint density at radius 1 is 1.50 bits per heavy atom. The van der Waals surface area contributed by atoms with Gasteiger partial charge >= 0.3 is 0 Å². The molecule has 0 saturated heterocycles. The van der Waals surface area contributed by atoms with Crippen molar-refractivity contribution in [2.75, 3.05) is 7.11 Å². The van der Waals surface area contributed by atoms with Crippen LogP contribution in [0.15, 0.2) is 24.3 Å². The van der Waals surface area contributed by atoms with Crippen LogP contribution in [0.4, 0.5) is 0 Å². The van der Waals surface area contributed by atoms with E-state index in [1.54, 1.807) is 48.2 Å². The number of ether oxygens (including phenoxy) is 1. The van der Waals surface area contributed by atoms with Gasteiger partial charge in [0.1, 0.15) is 5.75 Å². The summed E-state index contributed by atoms with van der Waals surface area (Å²) < 4.78 is 7.51. The van der Waals surface area contributed by atoms with Gasteiger partial charge in [-0.25, -0.2) is 0 Å². The number of amides is 1. The predicted molar refractivity (Wildman–Crippen MR) is 54.5 cm³/mol. The molecule has 0 aliphatic heterocycles. The Labute approximate surface area is 84.6 Å². The van der Waals surface area contributed by atoms with Crippen molar-refractivity contribution < 1.29 is 9.53 Å². The predicted octanol–water partition coefficient (Wildman–Crippen LogP) is 1.77. The minimum absolute atomic E-state index is 0.145. The second-order valence-corrected chi connectivity index (χ2v) is 2.66. The van der Waals surface area contributed by atoms with Gasteiger partial charge in [-0.05, 0) is 12.1 Å². The third kappa shape index (κ3) is 1.88. The monoisotopic (exact) mass is 277 g/mol. The molecule has 0 bridgehead atoms. The zero-order chi connectivity index (χ0) is 8.97. The molecule has 3 nitrogen and oxygen atoms in total. The quantitative estimate of drug-likeness (QED) is 0.661. The van der Waals surface area contributed by atoms with Crippen molar-refractivity contribution >= 4 is 28.8 Å². The number of hydrogen-bond acceptors (Lipinski definition) is 2. The van der Waals surface area contributed by atoms with E-state index in [0.29, 0.717) is 11.3 Å². The maximum absolute atomic E-state index is 11.2. The van der Waals surface area contributed by atoms with E-state index in [-0.39, 0.29) is 5.91 Å². The molecule has 64 valence electrons. The van der Waals surface area contributed by atoms with Crippen LogP contribution in [0.25, 0.3) is 0 Å². The molecule has 0 heterocycles. The van der Waals surface area contributed by atoms with Crippen molar-refractivity contribution in [2.45, 2.75) is 0 Å². The summed E-state index contributed by atoms with van der Waals surface area (Å²) in [5, 5.41) is 0. The normalized spacial score (nSPS) is 9.17. The summed E-state index contributed by atoms with van der Waals surface area (Å²) in [5.74, 6) is 0.444. The highest BCUT2D eigenvalue weighted by Crippen LogP contribution is 2.16. The van der Waals surface area contributed by atoms with E-state index < -0.39 is 0 Å². The summed E-state index contributed by atoms with van der Waals surface area (Å²) in [6.07, 6.45) is 0. The molecule has 0 unspecified atom stereocenters. The molecule has 0 fully saturated rings. The fourth-order valence-electron chi connectivity index (χ4n) is 0.883. The van der Waals surface area contributed by atoms with Crippen molar-refractivity contribution in [1.82, 2.24) is 3.53 Å². The van der Waals surface area contributed by atoms with E-state index in [2.05, 4.69) is 3.53 Å². The molecule has 0 atom stereocenters. The fraction of sp³-hybridized carbons (Fsp3) is 0.125.